The zero-order chi connectivity index (χ0) is 7.84. The van der Waals surface area contributed by atoms with E-state index in [2.05, 4.69) is 6.26 Å². The molecule has 0 aliphatic heterocycles. The van der Waals surface area contributed by atoms with Gasteiger partial charge < -0.3 is 4.42 Å². The van der Waals surface area contributed by atoms with Crippen molar-refractivity contribution in [1.82, 2.24) is 0 Å². The maximum Gasteiger partial charge on any atom is 0.190 e. The zero-order valence-corrected chi connectivity index (χ0v) is 6.77. The molecule has 2 rings (SSSR count). The van der Waals surface area contributed by atoms with Crippen molar-refractivity contribution in [3.8, 4) is 0 Å². The van der Waals surface area contributed by atoms with Crippen molar-refractivity contribution in [2.45, 2.75) is 6.92 Å². The molecular formula is C9H6ClO. The Hall–Kier alpha value is -0.950. The molecule has 0 amide bonds. The van der Waals surface area contributed by atoms with Gasteiger partial charge in [-0.1, -0.05) is 23.7 Å². The molecule has 0 aliphatic rings. The van der Waals surface area contributed by atoms with Crippen LogP contribution in [0.15, 0.2) is 22.6 Å². The van der Waals surface area contributed by atoms with Crippen LogP contribution in [-0.2, 0) is 0 Å². The van der Waals surface area contributed by atoms with Crippen molar-refractivity contribution in [2.75, 3.05) is 0 Å². The predicted molar refractivity (Wildman–Crippen MR) is 44.8 cm³/mol. The molecule has 0 aliphatic carbocycles. The first-order chi connectivity index (χ1) is 5.29. The SMILES string of the molecule is Cc1cccc2o[c]c(Cl)c12. The average Bonchev–Trinajstić information content (AvgIpc) is 2.34. The summed E-state index contributed by atoms with van der Waals surface area (Å²) >= 11 is 5.83. The van der Waals surface area contributed by atoms with E-state index in [0.717, 1.165) is 16.5 Å². The molecule has 0 bridgehead atoms. The Kier molecular flexibility index (Phi) is 1.40. The van der Waals surface area contributed by atoms with Crippen LogP contribution >= 0.6 is 11.6 Å². The first kappa shape index (κ1) is 6.74. The van der Waals surface area contributed by atoms with Crippen molar-refractivity contribution >= 4 is 22.6 Å². The molecule has 0 spiro atoms. The maximum atomic E-state index is 5.83. The van der Waals surface area contributed by atoms with Crippen LogP contribution in [0.5, 0.6) is 0 Å². The summed E-state index contributed by atoms with van der Waals surface area (Å²) in [7, 11) is 0. The Bertz CT molecular complexity index is 389. The number of furan rings is 1. The van der Waals surface area contributed by atoms with E-state index in [0.29, 0.717) is 5.02 Å². The second kappa shape index (κ2) is 2.28. The quantitative estimate of drug-likeness (QED) is 0.584. The van der Waals surface area contributed by atoms with Gasteiger partial charge >= 0.3 is 0 Å². The summed E-state index contributed by atoms with van der Waals surface area (Å²) < 4.78 is 5.07. The van der Waals surface area contributed by atoms with E-state index >= 15 is 0 Å². The Labute approximate surface area is 69.6 Å². The highest BCUT2D eigenvalue weighted by atomic mass is 35.5. The third-order valence-electron chi connectivity index (χ3n) is 1.70. The lowest BCUT2D eigenvalue weighted by atomic mass is 10.1. The van der Waals surface area contributed by atoms with Gasteiger partial charge in [-0.05, 0) is 18.6 Å². The van der Waals surface area contributed by atoms with Gasteiger partial charge in [0.2, 0.25) is 0 Å². The number of hydrogen-bond acceptors (Lipinski definition) is 1. The summed E-state index contributed by atoms with van der Waals surface area (Å²) in [4.78, 5) is 0. The van der Waals surface area contributed by atoms with Gasteiger partial charge in [-0.3, -0.25) is 0 Å². The van der Waals surface area contributed by atoms with Crippen LogP contribution in [0.1, 0.15) is 5.56 Å². The van der Waals surface area contributed by atoms with Crippen molar-refractivity contribution in [3.05, 3.63) is 35.0 Å². The predicted octanol–water partition coefficient (Wildman–Crippen LogP) is 3.19. The molecule has 1 aromatic heterocycles. The molecule has 0 unspecified atom stereocenters. The molecule has 1 aromatic carbocycles. The molecule has 2 heteroatoms. The topological polar surface area (TPSA) is 13.1 Å². The van der Waals surface area contributed by atoms with Crippen molar-refractivity contribution in [3.63, 3.8) is 0 Å². The van der Waals surface area contributed by atoms with Crippen LogP contribution in [0.3, 0.4) is 0 Å². The number of rotatable bonds is 0. The third kappa shape index (κ3) is 0.925. The molecule has 1 nitrogen and oxygen atoms in total. The second-order valence-corrected chi connectivity index (χ2v) is 2.84. The molecule has 0 saturated heterocycles. The highest BCUT2D eigenvalue weighted by Crippen LogP contribution is 2.27. The van der Waals surface area contributed by atoms with Gasteiger partial charge in [0.1, 0.15) is 5.58 Å². The molecule has 11 heavy (non-hydrogen) atoms. The number of fused-ring (bicyclic) bond motifs is 1. The standard InChI is InChI=1S/C9H6ClO/c1-6-3-2-4-8-9(6)7(10)5-11-8/h2-4H,1H3. The van der Waals surface area contributed by atoms with Gasteiger partial charge in [0.25, 0.3) is 0 Å². The lowest BCUT2D eigenvalue weighted by Gasteiger charge is -1.92. The monoisotopic (exact) mass is 165 g/mol. The van der Waals surface area contributed by atoms with Crippen molar-refractivity contribution in [1.29, 1.82) is 0 Å². The van der Waals surface area contributed by atoms with Crippen molar-refractivity contribution in [2.24, 2.45) is 0 Å². The van der Waals surface area contributed by atoms with Crippen LogP contribution in [-0.4, -0.2) is 0 Å². The summed E-state index contributed by atoms with van der Waals surface area (Å²) in [5, 5.41) is 1.53. The molecule has 0 N–H and O–H groups in total. The number of halogens is 1. The lowest BCUT2D eigenvalue weighted by Crippen LogP contribution is -1.71. The van der Waals surface area contributed by atoms with Crippen LogP contribution in [0.4, 0.5) is 0 Å². The van der Waals surface area contributed by atoms with E-state index in [1.807, 2.05) is 25.1 Å². The van der Waals surface area contributed by atoms with Gasteiger partial charge in [-0.2, -0.15) is 0 Å². The smallest absolute Gasteiger partial charge is 0.190 e. The van der Waals surface area contributed by atoms with Gasteiger partial charge in [0, 0.05) is 5.39 Å². The fraction of sp³-hybridized carbons (Fsp3) is 0.111. The van der Waals surface area contributed by atoms with E-state index in [1.54, 1.807) is 0 Å². The minimum atomic E-state index is 0.568. The molecule has 1 radical (unpaired) electrons. The third-order valence-corrected chi connectivity index (χ3v) is 1.97. The highest BCUT2D eigenvalue weighted by Gasteiger charge is 2.05. The summed E-state index contributed by atoms with van der Waals surface area (Å²) in [6.07, 6.45) is 2.61. The Morgan fingerprint density at radius 3 is 3.00 bits per heavy atom. The first-order valence-electron chi connectivity index (χ1n) is 3.34. The van der Waals surface area contributed by atoms with Crippen LogP contribution in [0.25, 0.3) is 11.0 Å². The van der Waals surface area contributed by atoms with E-state index in [1.165, 1.54) is 0 Å². The van der Waals surface area contributed by atoms with E-state index in [4.69, 9.17) is 16.0 Å². The van der Waals surface area contributed by atoms with Gasteiger partial charge in [-0.15, -0.1) is 0 Å². The molecule has 0 saturated carbocycles. The first-order valence-corrected chi connectivity index (χ1v) is 3.72. The number of aryl methyl sites for hydroxylation is 1. The molecule has 0 atom stereocenters. The Morgan fingerprint density at radius 2 is 2.27 bits per heavy atom. The van der Waals surface area contributed by atoms with Gasteiger partial charge in [-0.25, -0.2) is 0 Å². The maximum absolute atomic E-state index is 5.83. The fourth-order valence-corrected chi connectivity index (χ4v) is 1.44. The Morgan fingerprint density at radius 1 is 1.45 bits per heavy atom. The molecule has 55 valence electrons. The lowest BCUT2D eigenvalue weighted by molar-refractivity contribution is 0.606. The summed E-state index contributed by atoms with van der Waals surface area (Å²) in [6, 6.07) is 5.81. The fourth-order valence-electron chi connectivity index (χ4n) is 1.16. The average molecular weight is 166 g/mol. The van der Waals surface area contributed by atoms with Gasteiger partial charge in [0.15, 0.2) is 6.26 Å². The summed E-state index contributed by atoms with van der Waals surface area (Å²) in [5.74, 6) is 0. The minimum Gasteiger partial charge on any atom is -0.451 e. The zero-order valence-electron chi connectivity index (χ0n) is 6.02. The normalized spacial score (nSPS) is 10.7. The van der Waals surface area contributed by atoms with Crippen LogP contribution < -0.4 is 0 Å². The summed E-state index contributed by atoms with van der Waals surface area (Å²) in [5.41, 5.74) is 1.92. The molecule has 0 fully saturated rings. The summed E-state index contributed by atoms with van der Waals surface area (Å²) in [6.45, 7) is 2.00. The molecule has 2 aromatic rings. The van der Waals surface area contributed by atoms with E-state index in [-0.39, 0.29) is 0 Å². The van der Waals surface area contributed by atoms with Crippen LogP contribution in [0.2, 0.25) is 5.02 Å². The number of benzene rings is 1. The number of hydrogen-bond donors (Lipinski definition) is 0. The largest absolute Gasteiger partial charge is 0.451 e. The second-order valence-electron chi connectivity index (χ2n) is 2.47. The van der Waals surface area contributed by atoms with E-state index in [9.17, 15) is 0 Å². The molecular weight excluding hydrogens is 160 g/mol. The van der Waals surface area contributed by atoms with Crippen LogP contribution in [0, 0.1) is 13.2 Å². The Balaban J connectivity index is 2.96. The minimum absolute atomic E-state index is 0.568. The van der Waals surface area contributed by atoms with E-state index < -0.39 is 0 Å². The molecule has 1 heterocycles. The van der Waals surface area contributed by atoms with Gasteiger partial charge in [0.05, 0.1) is 5.02 Å². The highest BCUT2D eigenvalue weighted by molar-refractivity contribution is 6.35. The van der Waals surface area contributed by atoms with Crippen molar-refractivity contribution < 1.29 is 4.42 Å².